The van der Waals surface area contributed by atoms with Gasteiger partial charge in [0.1, 0.15) is 5.82 Å². The number of carbonyl (C=O) groups excluding carboxylic acids is 2. The van der Waals surface area contributed by atoms with E-state index in [-0.39, 0.29) is 35.5 Å². The Bertz CT molecular complexity index is 853. The molecule has 0 saturated carbocycles. The van der Waals surface area contributed by atoms with Crippen molar-refractivity contribution in [3.05, 3.63) is 71.0 Å². The molecule has 1 fully saturated rings. The molecular formula is C23H27FN2O2. The highest BCUT2D eigenvalue weighted by Gasteiger charge is 2.34. The molecular weight excluding hydrogens is 355 g/mol. The molecule has 1 aliphatic rings. The SMILES string of the molecule is CC(=O)N1C[C@H](C(=O)N[C@H](C)c2ccccc2)C[C@@H](c2ccc(F)c(C)c2)C1. The fourth-order valence-corrected chi connectivity index (χ4v) is 3.87. The molecule has 3 atom stereocenters. The van der Waals surface area contributed by atoms with E-state index in [0.717, 1.165) is 11.1 Å². The molecule has 0 radical (unpaired) electrons. The van der Waals surface area contributed by atoms with Crippen molar-refractivity contribution < 1.29 is 14.0 Å². The normalized spacial score (nSPS) is 20.5. The van der Waals surface area contributed by atoms with Gasteiger partial charge in [-0.25, -0.2) is 4.39 Å². The lowest BCUT2D eigenvalue weighted by Gasteiger charge is -2.37. The van der Waals surface area contributed by atoms with Gasteiger partial charge in [-0.3, -0.25) is 9.59 Å². The van der Waals surface area contributed by atoms with Gasteiger partial charge in [0.25, 0.3) is 0 Å². The van der Waals surface area contributed by atoms with Gasteiger partial charge in [-0.2, -0.15) is 0 Å². The molecule has 0 unspecified atom stereocenters. The first-order chi connectivity index (χ1) is 13.3. The van der Waals surface area contributed by atoms with Gasteiger partial charge >= 0.3 is 0 Å². The highest BCUT2D eigenvalue weighted by atomic mass is 19.1. The summed E-state index contributed by atoms with van der Waals surface area (Å²) in [6.07, 6.45) is 0.641. The summed E-state index contributed by atoms with van der Waals surface area (Å²) >= 11 is 0. The quantitative estimate of drug-likeness (QED) is 0.870. The van der Waals surface area contributed by atoms with Crippen LogP contribution in [0.3, 0.4) is 0 Å². The van der Waals surface area contributed by atoms with Gasteiger partial charge in [0.2, 0.25) is 11.8 Å². The fraction of sp³-hybridized carbons (Fsp3) is 0.391. The Morgan fingerprint density at radius 3 is 2.50 bits per heavy atom. The smallest absolute Gasteiger partial charge is 0.225 e. The molecule has 2 amide bonds. The maximum Gasteiger partial charge on any atom is 0.225 e. The third-order valence-corrected chi connectivity index (χ3v) is 5.58. The molecule has 0 bridgehead atoms. The number of rotatable bonds is 4. The van der Waals surface area contributed by atoms with Gasteiger partial charge in [0.05, 0.1) is 12.0 Å². The predicted octanol–water partition coefficient (Wildman–Crippen LogP) is 3.96. The number of hydrogen-bond acceptors (Lipinski definition) is 2. The molecule has 1 heterocycles. The van der Waals surface area contributed by atoms with E-state index in [9.17, 15) is 14.0 Å². The molecule has 0 spiro atoms. The van der Waals surface area contributed by atoms with E-state index in [1.807, 2.05) is 43.3 Å². The van der Waals surface area contributed by atoms with Gasteiger partial charge < -0.3 is 10.2 Å². The van der Waals surface area contributed by atoms with Gasteiger partial charge in [0, 0.05) is 25.9 Å². The average molecular weight is 382 g/mol. The molecule has 4 nitrogen and oxygen atoms in total. The van der Waals surface area contributed by atoms with Crippen LogP contribution in [0, 0.1) is 18.7 Å². The van der Waals surface area contributed by atoms with Crippen molar-refractivity contribution in [3.63, 3.8) is 0 Å². The number of likely N-dealkylation sites (tertiary alicyclic amines) is 1. The van der Waals surface area contributed by atoms with Gasteiger partial charge in [-0.15, -0.1) is 0 Å². The second-order valence-corrected chi connectivity index (χ2v) is 7.70. The van der Waals surface area contributed by atoms with Crippen LogP contribution < -0.4 is 5.32 Å². The Morgan fingerprint density at radius 1 is 1.14 bits per heavy atom. The van der Waals surface area contributed by atoms with Crippen LogP contribution in [0.25, 0.3) is 0 Å². The van der Waals surface area contributed by atoms with E-state index in [0.29, 0.717) is 25.1 Å². The molecule has 1 N–H and O–H groups in total. The fourth-order valence-electron chi connectivity index (χ4n) is 3.87. The summed E-state index contributed by atoms with van der Waals surface area (Å²) in [6, 6.07) is 14.8. The number of nitrogens with one attached hydrogen (secondary N) is 1. The topological polar surface area (TPSA) is 49.4 Å². The van der Waals surface area contributed by atoms with E-state index in [1.165, 1.54) is 13.0 Å². The molecule has 2 aromatic carbocycles. The largest absolute Gasteiger partial charge is 0.349 e. The zero-order chi connectivity index (χ0) is 20.3. The maximum atomic E-state index is 13.7. The summed E-state index contributed by atoms with van der Waals surface area (Å²) in [6.45, 7) is 6.19. The number of amides is 2. The van der Waals surface area contributed by atoms with E-state index in [2.05, 4.69) is 5.32 Å². The Labute approximate surface area is 165 Å². The lowest BCUT2D eigenvalue weighted by atomic mass is 9.83. The first-order valence-electron chi connectivity index (χ1n) is 9.72. The number of aryl methyl sites for hydroxylation is 1. The summed E-state index contributed by atoms with van der Waals surface area (Å²) in [5.74, 6) is -0.614. The van der Waals surface area contributed by atoms with Crippen molar-refractivity contribution in [2.75, 3.05) is 13.1 Å². The second-order valence-electron chi connectivity index (χ2n) is 7.70. The third kappa shape index (κ3) is 4.58. The standard InChI is InChI=1S/C23H27FN2O2/c1-15-11-19(9-10-22(15)24)20-12-21(14-26(13-20)17(3)27)23(28)25-16(2)18-7-5-4-6-8-18/h4-11,16,20-21H,12-14H2,1-3H3,(H,25,28)/t16-,20-,21-/m1/s1. The lowest BCUT2D eigenvalue weighted by molar-refractivity contribution is -0.134. The molecule has 28 heavy (non-hydrogen) atoms. The van der Waals surface area contributed by atoms with Gasteiger partial charge in [0.15, 0.2) is 0 Å². The summed E-state index contributed by atoms with van der Waals surface area (Å²) < 4.78 is 13.7. The van der Waals surface area contributed by atoms with Crippen LogP contribution in [-0.4, -0.2) is 29.8 Å². The number of piperidine rings is 1. The molecule has 148 valence electrons. The minimum atomic E-state index is -0.292. The van der Waals surface area contributed by atoms with Crippen molar-refractivity contribution in [3.8, 4) is 0 Å². The number of benzene rings is 2. The third-order valence-electron chi connectivity index (χ3n) is 5.58. The molecule has 1 aliphatic heterocycles. The first-order valence-corrected chi connectivity index (χ1v) is 9.72. The molecule has 0 aromatic heterocycles. The average Bonchev–Trinajstić information content (AvgIpc) is 2.70. The highest BCUT2D eigenvalue weighted by Crippen LogP contribution is 2.32. The monoisotopic (exact) mass is 382 g/mol. The minimum Gasteiger partial charge on any atom is -0.349 e. The maximum absolute atomic E-state index is 13.7. The summed E-state index contributed by atoms with van der Waals surface area (Å²) in [5.41, 5.74) is 2.59. The van der Waals surface area contributed by atoms with Crippen molar-refractivity contribution in [2.45, 2.75) is 39.2 Å². The second kappa shape index (κ2) is 8.55. The Kier molecular flexibility index (Phi) is 6.12. The van der Waals surface area contributed by atoms with Crippen LogP contribution in [0.4, 0.5) is 4.39 Å². The predicted molar refractivity (Wildman–Crippen MR) is 107 cm³/mol. The zero-order valence-electron chi connectivity index (χ0n) is 16.6. The first kappa shape index (κ1) is 20.1. The summed E-state index contributed by atoms with van der Waals surface area (Å²) in [4.78, 5) is 26.7. The van der Waals surface area contributed by atoms with Crippen LogP contribution in [0.1, 0.15) is 48.9 Å². The van der Waals surface area contributed by atoms with E-state index < -0.39 is 0 Å². The summed E-state index contributed by atoms with van der Waals surface area (Å²) in [7, 11) is 0. The van der Waals surface area contributed by atoms with Crippen LogP contribution in [0.5, 0.6) is 0 Å². The Balaban J connectivity index is 1.76. The molecule has 5 heteroatoms. The van der Waals surface area contributed by atoms with Crippen molar-refractivity contribution in [2.24, 2.45) is 5.92 Å². The van der Waals surface area contributed by atoms with Crippen LogP contribution in [0.15, 0.2) is 48.5 Å². The Morgan fingerprint density at radius 2 is 1.86 bits per heavy atom. The molecule has 2 aromatic rings. The van der Waals surface area contributed by atoms with Gasteiger partial charge in [-0.1, -0.05) is 42.5 Å². The van der Waals surface area contributed by atoms with Crippen LogP contribution >= 0.6 is 0 Å². The van der Waals surface area contributed by atoms with E-state index in [1.54, 1.807) is 17.9 Å². The van der Waals surface area contributed by atoms with E-state index in [4.69, 9.17) is 0 Å². The summed E-state index contributed by atoms with van der Waals surface area (Å²) in [5, 5.41) is 3.08. The molecule has 0 aliphatic carbocycles. The van der Waals surface area contributed by atoms with Crippen molar-refractivity contribution in [1.82, 2.24) is 10.2 Å². The Hall–Kier alpha value is -2.69. The van der Waals surface area contributed by atoms with Gasteiger partial charge in [-0.05, 0) is 43.0 Å². The van der Waals surface area contributed by atoms with Crippen molar-refractivity contribution >= 4 is 11.8 Å². The van der Waals surface area contributed by atoms with Crippen LogP contribution in [0.2, 0.25) is 0 Å². The minimum absolute atomic E-state index is 0.0136. The molecule has 1 saturated heterocycles. The highest BCUT2D eigenvalue weighted by molar-refractivity contribution is 5.81. The van der Waals surface area contributed by atoms with Crippen molar-refractivity contribution in [1.29, 1.82) is 0 Å². The molecule has 3 rings (SSSR count). The lowest BCUT2D eigenvalue weighted by Crippen LogP contribution is -2.47. The number of carbonyl (C=O) groups is 2. The zero-order valence-corrected chi connectivity index (χ0v) is 16.6. The van der Waals surface area contributed by atoms with E-state index >= 15 is 0 Å². The number of nitrogens with zero attached hydrogens (tertiary/aromatic N) is 1. The van der Waals surface area contributed by atoms with Crippen LogP contribution in [-0.2, 0) is 9.59 Å². The number of halogens is 1. The number of hydrogen-bond donors (Lipinski definition) is 1.